The van der Waals surface area contributed by atoms with Crippen LogP contribution >= 0.6 is 0 Å². The molecule has 0 aromatic heterocycles. The van der Waals surface area contributed by atoms with Gasteiger partial charge in [0.05, 0.1) is 6.10 Å². The lowest BCUT2D eigenvalue weighted by molar-refractivity contribution is -0.123. The van der Waals surface area contributed by atoms with Gasteiger partial charge in [0.1, 0.15) is 5.75 Å². The van der Waals surface area contributed by atoms with Crippen LogP contribution in [0.4, 0.5) is 5.69 Å². The molecule has 5 nitrogen and oxygen atoms in total. The number of hydrogen-bond donors (Lipinski definition) is 2. The van der Waals surface area contributed by atoms with Gasteiger partial charge >= 0.3 is 0 Å². The number of nitrogen functional groups attached to an aromatic ring is 1. The van der Waals surface area contributed by atoms with Gasteiger partial charge < -0.3 is 20.5 Å². The quantitative estimate of drug-likeness (QED) is 0.536. The second-order valence-corrected chi connectivity index (χ2v) is 4.83. The van der Waals surface area contributed by atoms with Gasteiger partial charge in [-0.3, -0.25) is 4.79 Å². The Morgan fingerprint density at radius 1 is 1.25 bits per heavy atom. The number of rotatable bonds is 9. The maximum Gasteiger partial charge on any atom is 0.257 e. The van der Waals surface area contributed by atoms with Crippen molar-refractivity contribution in [1.82, 2.24) is 5.32 Å². The summed E-state index contributed by atoms with van der Waals surface area (Å²) in [5.74, 6) is 0.520. The van der Waals surface area contributed by atoms with Gasteiger partial charge in [-0.25, -0.2) is 0 Å². The van der Waals surface area contributed by atoms with Crippen molar-refractivity contribution in [3.63, 3.8) is 0 Å². The number of nitrogens with one attached hydrogen (secondary N) is 1. The Morgan fingerprint density at radius 2 is 1.95 bits per heavy atom. The van der Waals surface area contributed by atoms with Gasteiger partial charge in [0.2, 0.25) is 0 Å². The first-order valence-electron chi connectivity index (χ1n) is 6.94. The second-order valence-electron chi connectivity index (χ2n) is 4.83. The van der Waals surface area contributed by atoms with Crippen molar-refractivity contribution < 1.29 is 14.3 Å². The zero-order chi connectivity index (χ0) is 14.8. The molecule has 0 bridgehead atoms. The predicted molar refractivity (Wildman–Crippen MR) is 79.7 cm³/mol. The summed E-state index contributed by atoms with van der Waals surface area (Å²) in [7, 11) is 0. The number of carbonyl (C=O) groups is 1. The average Bonchev–Trinajstić information content (AvgIpc) is 2.41. The van der Waals surface area contributed by atoms with Crippen LogP contribution in [0.1, 0.15) is 26.7 Å². The summed E-state index contributed by atoms with van der Waals surface area (Å²) in [5.41, 5.74) is 6.23. The van der Waals surface area contributed by atoms with Crippen molar-refractivity contribution in [2.24, 2.45) is 0 Å². The lowest BCUT2D eigenvalue weighted by Crippen LogP contribution is -2.29. The van der Waals surface area contributed by atoms with Crippen LogP contribution in [-0.2, 0) is 9.53 Å². The average molecular weight is 280 g/mol. The van der Waals surface area contributed by atoms with Crippen LogP contribution in [0.3, 0.4) is 0 Å². The van der Waals surface area contributed by atoms with E-state index in [2.05, 4.69) is 5.32 Å². The lowest BCUT2D eigenvalue weighted by atomic mass is 10.3. The van der Waals surface area contributed by atoms with Gasteiger partial charge in [0.25, 0.3) is 5.91 Å². The fourth-order valence-corrected chi connectivity index (χ4v) is 1.54. The molecule has 0 aliphatic carbocycles. The summed E-state index contributed by atoms with van der Waals surface area (Å²) in [6.07, 6.45) is 2.11. The number of carbonyl (C=O) groups excluding carboxylic acids is 1. The summed E-state index contributed by atoms with van der Waals surface area (Å²) < 4.78 is 10.8. The molecule has 20 heavy (non-hydrogen) atoms. The molecule has 0 atom stereocenters. The zero-order valence-electron chi connectivity index (χ0n) is 12.2. The largest absolute Gasteiger partial charge is 0.484 e. The number of amides is 1. The summed E-state index contributed by atoms with van der Waals surface area (Å²) in [6.45, 7) is 5.42. The Morgan fingerprint density at radius 3 is 2.60 bits per heavy atom. The predicted octanol–water partition coefficient (Wildman–Crippen LogP) is 1.97. The molecular weight excluding hydrogens is 256 g/mol. The molecule has 0 saturated heterocycles. The van der Waals surface area contributed by atoms with Gasteiger partial charge in [-0.2, -0.15) is 0 Å². The summed E-state index contributed by atoms with van der Waals surface area (Å²) in [6, 6.07) is 6.96. The fourth-order valence-electron chi connectivity index (χ4n) is 1.54. The summed E-state index contributed by atoms with van der Waals surface area (Å²) >= 11 is 0. The molecule has 5 heteroatoms. The molecule has 3 N–H and O–H groups in total. The third-order valence-electron chi connectivity index (χ3n) is 2.59. The molecule has 0 radical (unpaired) electrons. The first-order valence-corrected chi connectivity index (χ1v) is 6.94. The standard InChI is InChI=1S/C15H24N2O3/c1-12(2)19-10-4-3-9-17-15(18)11-20-14-7-5-13(16)6-8-14/h5-8,12H,3-4,9-11,16H2,1-2H3,(H,17,18). The Hall–Kier alpha value is -1.75. The number of benzene rings is 1. The molecule has 0 aliphatic rings. The molecule has 1 aromatic rings. The molecule has 1 aromatic carbocycles. The van der Waals surface area contributed by atoms with E-state index >= 15 is 0 Å². The highest BCUT2D eigenvalue weighted by atomic mass is 16.5. The second kappa shape index (κ2) is 9.20. The molecule has 0 aliphatic heterocycles. The van der Waals surface area contributed by atoms with Gasteiger partial charge in [-0.15, -0.1) is 0 Å². The smallest absolute Gasteiger partial charge is 0.257 e. The van der Waals surface area contributed by atoms with Crippen LogP contribution in [0.25, 0.3) is 0 Å². The van der Waals surface area contributed by atoms with Crippen LogP contribution in [0.5, 0.6) is 5.75 Å². The van der Waals surface area contributed by atoms with Crippen molar-refractivity contribution in [2.75, 3.05) is 25.5 Å². The third kappa shape index (κ3) is 7.63. The van der Waals surface area contributed by atoms with E-state index in [-0.39, 0.29) is 18.6 Å². The normalized spacial score (nSPS) is 10.6. The minimum Gasteiger partial charge on any atom is -0.484 e. The van der Waals surface area contributed by atoms with Gasteiger partial charge in [-0.1, -0.05) is 0 Å². The SMILES string of the molecule is CC(C)OCCCCNC(=O)COc1ccc(N)cc1. The van der Waals surface area contributed by atoms with E-state index in [0.717, 1.165) is 19.4 Å². The Kier molecular flexibility index (Phi) is 7.50. The highest BCUT2D eigenvalue weighted by molar-refractivity contribution is 5.77. The monoisotopic (exact) mass is 280 g/mol. The van der Waals surface area contributed by atoms with Crippen molar-refractivity contribution in [2.45, 2.75) is 32.8 Å². The van der Waals surface area contributed by atoms with Crippen LogP contribution in [0, 0.1) is 0 Å². The van der Waals surface area contributed by atoms with Crippen LogP contribution in [-0.4, -0.2) is 31.8 Å². The first-order chi connectivity index (χ1) is 9.58. The molecule has 0 saturated carbocycles. The zero-order valence-corrected chi connectivity index (χ0v) is 12.2. The van der Waals surface area contributed by atoms with Crippen molar-refractivity contribution in [3.05, 3.63) is 24.3 Å². The van der Waals surface area contributed by atoms with E-state index in [0.29, 0.717) is 18.0 Å². The Labute approximate surface area is 120 Å². The van der Waals surface area contributed by atoms with Gasteiger partial charge in [-0.05, 0) is 51.0 Å². The molecule has 0 heterocycles. The lowest BCUT2D eigenvalue weighted by Gasteiger charge is -2.09. The van der Waals surface area contributed by atoms with Gasteiger partial charge in [0, 0.05) is 18.8 Å². The Balaban J connectivity index is 2.04. The van der Waals surface area contributed by atoms with E-state index in [1.165, 1.54) is 0 Å². The highest BCUT2D eigenvalue weighted by Crippen LogP contribution is 2.12. The van der Waals surface area contributed by atoms with Crippen LogP contribution in [0.15, 0.2) is 24.3 Å². The van der Waals surface area contributed by atoms with Crippen molar-refractivity contribution >= 4 is 11.6 Å². The maximum absolute atomic E-state index is 11.5. The molecule has 0 fully saturated rings. The van der Waals surface area contributed by atoms with Gasteiger partial charge in [0.15, 0.2) is 6.61 Å². The molecule has 1 amide bonds. The number of anilines is 1. The third-order valence-corrected chi connectivity index (χ3v) is 2.59. The van der Waals surface area contributed by atoms with Crippen LogP contribution < -0.4 is 15.8 Å². The van der Waals surface area contributed by atoms with Crippen LogP contribution in [0.2, 0.25) is 0 Å². The molecule has 0 spiro atoms. The molecular formula is C15H24N2O3. The summed E-state index contributed by atoms with van der Waals surface area (Å²) in [4.78, 5) is 11.5. The molecule has 112 valence electrons. The fraction of sp³-hybridized carbons (Fsp3) is 0.533. The molecule has 0 unspecified atom stereocenters. The number of ether oxygens (including phenoxy) is 2. The first kappa shape index (κ1) is 16.3. The minimum absolute atomic E-state index is 0.0203. The Bertz CT molecular complexity index is 391. The molecule has 1 rings (SSSR count). The number of nitrogens with two attached hydrogens (primary N) is 1. The van der Waals surface area contributed by atoms with E-state index in [1.54, 1.807) is 24.3 Å². The van der Waals surface area contributed by atoms with Crippen molar-refractivity contribution in [1.29, 1.82) is 0 Å². The highest BCUT2D eigenvalue weighted by Gasteiger charge is 2.02. The van der Waals surface area contributed by atoms with E-state index in [9.17, 15) is 4.79 Å². The topological polar surface area (TPSA) is 73.6 Å². The maximum atomic E-state index is 11.5. The number of unbranched alkanes of at least 4 members (excludes halogenated alkanes) is 1. The minimum atomic E-state index is -0.119. The van der Waals surface area contributed by atoms with Crippen molar-refractivity contribution in [3.8, 4) is 5.75 Å². The number of hydrogen-bond acceptors (Lipinski definition) is 4. The van der Waals surface area contributed by atoms with E-state index in [1.807, 2.05) is 13.8 Å². The van der Waals surface area contributed by atoms with E-state index < -0.39 is 0 Å². The van der Waals surface area contributed by atoms with E-state index in [4.69, 9.17) is 15.2 Å². The summed E-state index contributed by atoms with van der Waals surface area (Å²) in [5, 5.41) is 2.81.